The molecule has 20 heavy (non-hydrogen) atoms. The van der Waals surface area contributed by atoms with Crippen LogP contribution in [0, 0.1) is 0 Å². The van der Waals surface area contributed by atoms with Crippen LogP contribution in [0.2, 0.25) is 0 Å². The summed E-state index contributed by atoms with van der Waals surface area (Å²) in [6, 6.07) is 0. The first-order valence-corrected chi connectivity index (χ1v) is 7.27. The SMILES string of the molecule is CNc1nc(CCl)c(CCl)n2c(CCl)c(C(N)=O)nc12. The molecule has 0 aliphatic carbocycles. The van der Waals surface area contributed by atoms with Crippen LogP contribution >= 0.6 is 34.8 Å². The summed E-state index contributed by atoms with van der Waals surface area (Å²) in [5.41, 5.74) is 7.61. The molecule has 3 N–H and O–H groups in total. The van der Waals surface area contributed by atoms with Crippen LogP contribution in [-0.2, 0) is 17.6 Å². The Hall–Kier alpha value is -1.24. The Labute approximate surface area is 130 Å². The Bertz CT molecular complexity index is 670. The highest BCUT2D eigenvalue weighted by atomic mass is 35.5. The van der Waals surface area contributed by atoms with E-state index in [2.05, 4.69) is 15.3 Å². The van der Waals surface area contributed by atoms with Crippen LogP contribution in [0.3, 0.4) is 0 Å². The molecule has 0 saturated carbocycles. The number of halogens is 3. The van der Waals surface area contributed by atoms with Gasteiger partial charge in [-0.3, -0.25) is 9.20 Å². The maximum atomic E-state index is 11.5. The van der Waals surface area contributed by atoms with Crippen LogP contribution in [0.4, 0.5) is 5.82 Å². The van der Waals surface area contributed by atoms with Crippen molar-refractivity contribution in [2.24, 2.45) is 5.73 Å². The van der Waals surface area contributed by atoms with Gasteiger partial charge in [0.2, 0.25) is 0 Å². The third-order valence-electron chi connectivity index (χ3n) is 2.88. The van der Waals surface area contributed by atoms with Crippen molar-refractivity contribution in [3.05, 3.63) is 22.8 Å². The van der Waals surface area contributed by atoms with Gasteiger partial charge < -0.3 is 11.1 Å². The molecule has 0 aromatic carbocycles. The van der Waals surface area contributed by atoms with Gasteiger partial charge in [-0.15, -0.1) is 34.8 Å². The number of hydrogen-bond donors (Lipinski definition) is 2. The minimum absolute atomic E-state index is 0.0677. The number of alkyl halides is 3. The van der Waals surface area contributed by atoms with E-state index in [1.54, 1.807) is 11.4 Å². The second-order valence-corrected chi connectivity index (χ2v) is 4.74. The van der Waals surface area contributed by atoms with Crippen molar-refractivity contribution in [1.29, 1.82) is 0 Å². The number of amides is 1. The first-order valence-electron chi connectivity index (χ1n) is 5.67. The van der Waals surface area contributed by atoms with E-state index in [1.165, 1.54) is 0 Å². The summed E-state index contributed by atoms with van der Waals surface area (Å²) in [5, 5.41) is 2.91. The number of nitrogens with zero attached hydrogens (tertiary/aromatic N) is 3. The molecule has 1 amide bonds. The van der Waals surface area contributed by atoms with Gasteiger partial charge >= 0.3 is 0 Å². The molecule has 0 spiro atoms. The molecule has 0 unspecified atom stereocenters. The van der Waals surface area contributed by atoms with Gasteiger partial charge in [0.1, 0.15) is 0 Å². The van der Waals surface area contributed by atoms with E-state index >= 15 is 0 Å². The molecule has 2 aromatic heterocycles. The van der Waals surface area contributed by atoms with E-state index in [0.717, 1.165) is 0 Å². The average molecular weight is 337 g/mol. The topological polar surface area (TPSA) is 85.3 Å². The highest BCUT2D eigenvalue weighted by molar-refractivity contribution is 6.19. The van der Waals surface area contributed by atoms with E-state index in [0.29, 0.717) is 28.5 Å². The fourth-order valence-corrected chi connectivity index (χ4v) is 2.75. The lowest BCUT2D eigenvalue weighted by Crippen LogP contribution is -2.14. The van der Waals surface area contributed by atoms with E-state index < -0.39 is 5.91 Å². The number of carbonyl (C=O) groups is 1. The average Bonchev–Trinajstić information content (AvgIpc) is 2.84. The van der Waals surface area contributed by atoms with E-state index in [-0.39, 0.29) is 23.3 Å². The van der Waals surface area contributed by atoms with Gasteiger partial charge in [-0.05, 0) is 0 Å². The second kappa shape index (κ2) is 6.03. The molecule has 0 radical (unpaired) electrons. The first kappa shape index (κ1) is 15.2. The van der Waals surface area contributed by atoms with Crippen LogP contribution in [0.25, 0.3) is 5.65 Å². The first-order chi connectivity index (χ1) is 9.58. The standard InChI is InChI=1S/C11H12Cl3N5O/c1-16-10-11-18-8(9(15)20)7(4-14)19(11)6(3-13)5(2-12)17-10/h2-4H2,1H3,(H2,15,20)(H,16,17). The number of rotatable bonds is 5. The van der Waals surface area contributed by atoms with Crippen molar-refractivity contribution in [2.45, 2.75) is 17.6 Å². The van der Waals surface area contributed by atoms with Gasteiger partial charge in [-0.2, -0.15) is 0 Å². The van der Waals surface area contributed by atoms with Gasteiger partial charge in [0.05, 0.1) is 34.7 Å². The molecular weight excluding hydrogens is 325 g/mol. The van der Waals surface area contributed by atoms with Gasteiger partial charge in [-0.1, -0.05) is 0 Å². The van der Waals surface area contributed by atoms with Crippen molar-refractivity contribution in [3.63, 3.8) is 0 Å². The van der Waals surface area contributed by atoms with Crippen molar-refractivity contribution in [2.75, 3.05) is 12.4 Å². The lowest BCUT2D eigenvalue weighted by Gasteiger charge is -2.12. The second-order valence-electron chi connectivity index (χ2n) is 3.94. The normalized spacial score (nSPS) is 11.0. The molecule has 0 aliphatic rings. The molecule has 108 valence electrons. The number of fused-ring (bicyclic) bond motifs is 1. The molecule has 0 saturated heterocycles. The summed E-state index contributed by atoms with van der Waals surface area (Å²) in [6.45, 7) is 0. The van der Waals surface area contributed by atoms with Crippen molar-refractivity contribution >= 4 is 52.2 Å². The third-order valence-corrected chi connectivity index (χ3v) is 3.64. The highest BCUT2D eigenvalue weighted by Gasteiger charge is 2.22. The fraction of sp³-hybridized carbons (Fsp3) is 0.364. The molecule has 2 heterocycles. The molecular formula is C11H12Cl3N5O. The van der Waals surface area contributed by atoms with Gasteiger partial charge in [0.25, 0.3) is 5.91 Å². The lowest BCUT2D eigenvalue weighted by molar-refractivity contribution is 0.0995. The number of nitrogens with two attached hydrogens (primary N) is 1. The molecule has 6 nitrogen and oxygen atoms in total. The van der Waals surface area contributed by atoms with E-state index in [9.17, 15) is 4.79 Å². The molecule has 0 fully saturated rings. The van der Waals surface area contributed by atoms with Crippen molar-refractivity contribution < 1.29 is 4.79 Å². The van der Waals surface area contributed by atoms with E-state index in [1.807, 2.05) is 0 Å². The minimum Gasteiger partial charge on any atom is -0.370 e. The summed E-state index contributed by atoms with van der Waals surface area (Å²) < 4.78 is 1.69. The van der Waals surface area contributed by atoms with Crippen LogP contribution in [0.15, 0.2) is 0 Å². The van der Waals surface area contributed by atoms with Gasteiger partial charge in [0, 0.05) is 7.05 Å². The Morgan fingerprint density at radius 2 is 1.85 bits per heavy atom. The molecule has 9 heteroatoms. The number of nitrogens with one attached hydrogen (secondary N) is 1. The number of aromatic nitrogens is 3. The number of anilines is 1. The Morgan fingerprint density at radius 3 is 2.30 bits per heavy atom. The lowest BCUT2D eigenvalue weighted by atomic mass is 10.3. The fourth-order valence-electron chi connectivity index (χ4n) is 2.01. The van der Waals surface area contributed by atoms with Crippen LogP contribution in [0.1, 0.15) is 27.6 Å². The maximum Gasteiger partial charge on any atom is 0.269 e. The number of hydrogen-bond acceptors (Lipinski definition) is 4. The molecule has 2 rings (SSSR count). The van der Waals surface area contributed by atoms with E-state index in [4.69, 9.17) is 40.5 Å². The van der Waals surface area contributed by atoms with Crippen molar-refractivity contribution in [1.82, 2.24) is 14.4 Å². The number of primary amides is 1. The van der Waals surface area contributed by atoms with Gasteiger partial charge in [-0.25, -0.2) is 9.97 Å². The summed E-state index contributed by atoms with van der Waals surface area (Å²) in [5.74, 6) is 0.234. The highest BCUT2D eigenvalue weighted by Crippen LogP contribution is 2.25. The largest absolute Gasteiger partial charge is 0.370 e. The Morgan fingerprint density at radius 1 is 1.20 bits per heavy atom. The number of imidazole rings is 1. The monoisotopic (exact) mass is 335 g/mol. The van der Waals surface area contributed by atoms with Crippen LogP contribution < -0.4 is 11.1 Å². The maximum absolute atomic E-state index is 11.5. The van der Waals surface area contributed by atoms with Crippen molar-refractivity contribution in [3.8, 4) is 0 Å². The number of carbonyl (C=O) groups excluding carboxylic acids is 1. The zero-order valence-corrected chi connectivity index (χ0v) is 12.9. The smallest absolute Gasteiger partial charge is 0.269 e. The molecule has 0 aliphatic heterocycles. The Balaban J connectivity index is 2.96. The summed E-state index contributed by atoms with van der Waals surface area (Å²) in [4.78, 5) is 20.1. The predicted molar refractivity (Wildman–Crippen MR) is 79.7 cm³/mol. The third kappa shape index (κ3) is 2.28. The zero-order valence-electron chi connectivity index (χ0n) is 10.6. The van der Waals surface area contributed by atoms with Crippen LogP contribution in [-0.4, -0.2) is 27.3 Å². The molecule has 0 atom stereocenters. The predicted octanol–water partition coefficient (Wildman–Crippen LogP) is 2.09. The Kier molecular flexibility index (Phi) is 4.57. The van der Waals surface area contributed by atoms with Gasteiger partial charge in [0.15, 0.2) is 17.2 Å². The zero-order chi connectivity index (χ0) is 14.9. The van der Waals surface area contributed by atoms with Crippen LogP contribution in [0.5, 0.6) is 0 Å². The quantitative estimate of drug-likeness (QED) is 0.819. The summed E-state index contributed by atoms with van der Waals surface area (Å²) in [7, 11) is 1.69. The summed E-state index contributed by atoms with van der Waals surface area (Å²) >= 11 is 17.8. The molecule has 2 aromatic rings. The summed E-state index contributed by atoms with van der Waals surface area (Å²) in [6.07, 6.45) is 0. The molecule has 0 bridgehead atoms. The minimum atomic E-state index is -0.653.